The summed E-state index contributed by atoms with van der Waals surface area (Å²) in [6.45, 7) is 10.7. The number of sulfonamides is 1. The first-order valence-corrected chi connectivity index (χ1v) is 18.5. The standard InChI is InChI=1S/C31H37N3O7SSi/c1-31(2,3)43(6,7)41-17-16-34(42(5,38)39)26-20-33-25(19-24(26)22-14-11-15-23(18-22)29(35)36)27(30(37)40-4)28(32-33)21-12-9-8-10-13-21/h8-15,18-20H,16-17H2,1-7H3,(H,35,36). The SMILES string of the molecule is COC(=O)c1c(-c2ccccc2)nn2cc(N(CCO[Si](C)(C)C(C)(C)C)S(C)(=O)=O)c(-c3cccc(C(=O)O)c3)cc12. The molecule has 0 unspecified atom stereocenters. The van der Waals surface area contributed by atoms with E-state index in [9.17, 15) is 23.1 Å². The fourth-order valence-electron chi connectivity index (χ4n) is 4.50. The van der Waals surface area contributed by atoms with Gasteiger partial charge >= 0.3 is 11.9 Å². The lowest BCUT2D eigenvalue weighted by Crippen LogP contribution is -2.43. The quantitative estimate of drug-likeness (QED) is 0.170. The number of carbonyl (C=O) groups is 2. The lowest BCUT2D eigenvalue weighted by Gasteiger charge is -2.37. The van der Waals surface area contributed by atoms with Crippen molar-refractivity contribution < 1.29 is 32.3 Å². The average Bonchev–Trinajstić information content (AvgIpc) is 3.32. The number of carboxylic acid groups (broad SMARTS) is 1. The summed E-state index contributed by atoms with van der Waals surface area (Å²) in [5, 5.41) is 14.3. The van der Waals surface area contributed by atoms with E-state index in [2.05, 4.69) is 39.0 Å². The van der Waals surface area contributed by atoms with Crippen molar-refractivity contribution in [2.75, 3.05) is 30.8 Å². The third-order valence-corrected chi connectivity index (χ3v) is 13.6. The van der Waals surface area contributed by atoms with Gasteiger partial charge in [0.2, 0.25) is 10.0 Å². The summed E-state index contributed by atoms with van der Waals surface area (Å²) < 4.78 is 40.8. The molecule has 0 aliphatic rings. The topological polar surface area (TPSA) is 128 Å². The number of anilines is 1. The molecule has 0 radical (unpaired) electrons. The Morgan fingerprint density at radius 1 is 1.02 bits per heavy atom. The van der Waals surface area contributed by atoms with E-state index in [0.29, 0.717) is 27.9 Å². The summed E-state index contributed by atoms with van der Waals surface area (Å²) in [6, 6.07) is 17.0. The summed E-state index contributed by atoms with van der Waals surface area (Å²) >= 11 is 0. The van der Waals surface area contributed by atoms with Gasteiger partial charge in [-0.15, -0.1) is 0 Å². The Labute approximate surface area is 253 Å². The number of carboxylic acids is 1. The van der Waals surface area contributed by atoms with Crippen LogP contribution in [-0.2, 0) is 19.2 Å². The van der Waals surface area contributed by atoms with E-state index in [0.717, 1.165) is 6.26 Å². The van der Waals surface area contributed by atoms with Gasteiger partial charge in [0.05, 0.1) is 49.5 Å². The number of pyridine rings is 1. The van der Waals surface area contributed by atoms with Gasteiger partial charge in [0.25, 0.3) is 0 Å². The number of methoxy groups -OCH3 is 1. The lowest BCUT2D eigenvalue weighted by molar-refractivity contribution is 0.0602. The van der Waals surface area contributed by atoms with E-state index in [1.165, 1.54) is 28.1 Å². The van der Waals surface area contributed by atoms with Crippen LogP contribution in [0.2, 0.25) is 18.1 Å². The Morgan fingerprint density at radius 3 is 2.26 bits per heavy atom. The molecule has 2 aromatic carbocycles. The van der Waals surface area contributed by atoms with Crippen LogP contribution < -0.4 is 4.31 Å². The summed E-state index contributed by atoms with van der Waals surface area (Å²) in [5.74, 6) is -1.74. The molecule has 43 heavy (non-hydrogen) atoms. The zero-order valence-corrected chi connectivity index (χ0v) is 27.2. The van der Waals surface area contributed by atoms with Gasteiger partial charge in [0, 0.05) is 11.1 Å². The monoisotopic (exact) mass is 623 g/mol. The Kier molecular flexibility index (Phi) is 8.86. The summed E-state index contributed by atoms with van der Waals surface area (Å²) in [6.07, 6.45) is 2.66. The molecule has 0 spiro atoms. The van der Waals surface area contributed by atoms with Gasteiger partial charge in [-0.3, -0.25) is 4.31 Å². The molecule has 0 fully saturated rings. The van der Waals surface area contributed by atoms with Gasteiger partial charge in [-0.2, -0.15) is 5.10 Å². The summed E-state index contributed by atoms with van der Waals surface area (Å²) in [5.41, 5.74) is 2.75. The van der Waals surface area contributed by atoms with Gasteiger partial charge in [-0.1, -0.05) is 63.2 Å². The molecular weight excluding hydrogens is 587 g/mol. The van der Waals surface area contributed by atoms with Crippen LogP contribution in [0, 0.1) is 0 Å². The van der Waals surface area contributed by atoms with Crippen LogP contribution >= 0.6 is 0 Å². The molecule has 0 bridgehead atoms. The highest BCUT2D eigenvalue weighted by molar-refractivity contribution is 7.92. The van der Waals surface area contributed by atoms with Crippen LogP contribution in [0.4, 0.5) is 5.69 Å². The van der Waals surface area contributed by atoms with Crippen molar-refractivity contribution in [1.82, 2.24) is 9.61 Å². The van der Waals surface area contributed by atoms with E-state index >= 15 is 0 Å². The maximum atomic E-state index is 13.3. The number of aromatic nitrogens is 2. The number of carbonyl (C=O) groups excluding carboxylic acids is 1. The lowest BCUT2D eigenvalue weighted by atomic mass is 10.0. The molecular formula is C31H37N3O7SSi. The molecule has 10 nitrogen and oxygen atoms in total. The zero-order chi connectivity index (χ0) is 31.7. The number of fused-ring (bicyclic) bond motifs is 1. The number of nitrogens with zero attached hydrogens (tertiary/aromatic N) is 3. The first-order chi connectivity index (χ1) is 20.0. The van der Waals surface area contributed by atoms with Gasteiger partial charge in [0.15, 0.2) is 8.32 Å². The van der Waals surface area contributed by atoms with Crippen LogP contribution in [-0.4, -0.2) is 69.9 Å². The zero-order valence-electron chi connectivity index (χ0n) is 25.4. The Hall–Kier alpha value is -4.00. The minimum atomic E-state index is -3.85. The molecule has 228 valence electrons. The molecule has 2 heterocycles. The van der Waals surface area contributed by atoms with Crippen LogP contribution in [0.25, 0.3) is 27.9 Å². The maximum absolute atomic E-state index is 13.3. The van der Waals surface area contributed by atoms with Gasteiger partial charge < -0.3 is 14.3 Å². The Morgan fingerprint density at radius 2 is 1.67 bits per heavy atom. The number of aromatic carboxylic acids is 1. The minimum Gasteiger partial charge on any atom is -0.478 e. The summed E-state index contributed by atoms with van der Waals surface area (Å²) in [4.78, 5) is 24.9. The smallest absolute Gasteiger partial charge is 0.342 e. The predicted molar refractivity (Wildman–Crippen MR) is 170 cm³/mol. The first-order valence-electron chi connectivity index (χ1n) is 13.7. The fourth-order valence-corrected chi connectivity index (χ4v) is 6.44. The molecule has 0 aliphatic heterocycles. The molecule has 4 aromatic rings. The molecule has 0 aliphatic carbocycles. The van der Waals surface area contributed by atoms with Crippen molar-refractivity contribution in [1.29, 1.82) is 0 Å². The normalized spacial score (nSPS) is 12.3. The average molecular weight is 624 g/mol. The van der Waals surface area contributed by atoms with Crippen LogP contribution in [0.3, 0.4) is 0 Å². The molecule has 0 saturated carbocycles. The highest BCUT2D eigenvalue weighted by Crippen LogP contribution is 2.39. The largest absolute Gasteiger partial charge is 0.478 e. The third kappa shape index (κ3) is 6.66. The van der Waals surface area contributed by atoms with Crippen molar-refractivity contribution in [3.05, 3.63) is 78.0 Å². The molecule has 1 N–H and O–H groups in total. The number of rotatable bonds is 10. The van der Waals surface area contributed by atoms with Crippen molar-refractivity contribution >= 4 is 41.5 Å². The highest BCUT2D eigenvalue weighted by atomic mass is 32.2. The molecule has 12 heteroatoms. The highest BCUT2D eigenvalue weighted by Gasteiger charge is 2.37. The predicted octanol–water partition coefficient (Wildman–Crippen LogP) is 5.94. The van der Waals surface area contributed by atoms with E-state index in [1.807, 2.05) is 30.3 Å². The fraction of sp³-hybridized carbons (Fsp3) is 0.323. The van der Waals surface area contributed by atoms with Crippen molar-refractivity contribution in [3.63, 3.8) is 0 Å². The van der Waals surface area contributed by atoms with Crippen molar-refractivity contribution in [2.45, 2.75) is 38.9 Å². The molecule has 4 rings (SSSR count). The van der Waals surface area contributed by atoms with Crippen LogP contribution in [0.5, 0.6) is 0 Å². The van der Waals surface area contributed by atoms with Gasteiger partial charge in [-0.05, 0) is 41.9 Å². The maximum Gasteiger partial charge on any atom is 0.342 e. The van der Waals surface area contributed by atoms with Crippen molar-refractivity contribution in [2.24, 2.45) is 0 Å². The Bertz CT molecular complexity index is 1780. The molecule has 0 atom stereocenters. The second kappa shape index (κ2) is 11.9. The molecule has 0 saturated heterocycles. The number of benzene rings is 2. The minimum absolute atomic E-state index is 0.0130. The first kappa shape index (κ1) is 31.9. The molecule has 0 amide bonds. The Balaban J connectivity index is 1.99. The van der Waals surface area contributed by atoms with Crippen molar-refractivity contribution in [3.8, 4) is 22.4 Å². The third-order valence-electron chi connectivity index (χ3n) is 7.84. The number of esters is 1. The van der Waals surface area contributed by atoms with Gasteiger partial charge in [-0.25, -0.2) is 22.5 Å². The second-order valence-electron chi connectivity index (χ2n) is 11.8. The van der Waals surface area contributed by atoms with Crippen LogP contribution in [0.1, 0.15) is 41.5 Å². The van der Waals surface area contributed by atoms with E-state index in [4.69, 9.17) is 9.16 Å². The summed E-state index contributed by atoms with van der Waals surface area (Å²) in [7, 11) is -4.76. The van der Waals surface area contributed by atoms with Crippen LogP contribution in [0.15, 0.2) is 66.9 Å². The van der Waals surface area contributed by atoms with E-state index < -0.39 is 30.3 Å². The number of ether oxygens (including phenoxy) is 1. The van der Waals surface area contributed by atoms with E-state index in [1.54, 1.807) is 24.4 Å². The van der Waals surface area contributed by atoms with E-state index in [-0.39, 0.29) is 35.0 Å². The second-order valence-corrected chi connectivity index (χ2v) is 18.5. The molecule has 2 aromatic heterocycles. The van der Waals surface area contributed by atoms with Gasteiger partial charge in [0.1, 0.15) is 11.3 Å². The number of hydrogen-bond acceptors (Lipinski definition) is 7. The number of hydrogen-bond donors (Lipinski definition) is 1.